The zero-order valence-corrected chi connectivity index (χ0v) is 16.5. The molecule has 0 heterocycles. The van der Waals surface area contributed by atoms with Crippen LogP contribution in [-0.2, 0) is 4.74 Å². The minimum absolute atomic E-state index is 0.00141. The first-order valence-electron chi connectivity index (χ1n) is 8.89. The van der Waals surface area contributed by atoms with Crippen molar-refractivity contribution >= 4 is 35.3 Å². The Kier molecular flexibility index (Phi) is 6.76. The van der Waals surface area contributed by atoms with Gasteiger partial charge in [-0.25, -0.2) is 4.79 Å². The number of aliphatic imine (C=N–C) groups is 1. The maximum atomic E-state index is 11.7. The zero-order valence-electron chi connectivity index (χ0n) is 15.6. The Bertz CT molecular complexity index is 1030. The highest BCUT2D eigenvalue weighted by atomic mass is 32.2. The van der Waals surface area contributed by atoms with Crippen molar-refractivity contribution in [3.63, 3.8) is 0 Å². The SMILES string of the molecule is CCOC(=O)c1ccc(N=Cc2cc([N+](=O)[O-])ccc2Sc2ccccc2)cc1. The van der Waals surface area contributed by atoms with E-state index in [0.717, 1.165) is 9.79 Å². The maximum Gasteiger partial charge on any atom is 0.338 e. The average Bonchev–Trinajstić information content (AvgIpc) is 2.74. The number of ether oxygens (including phenoxy) is 1. The maximum absolute atomic E-state index is 11.7. The first kappa shape index (κ1) is 20.3. The van der Waals surface area contributed by atoms with Crippen LogP contribution in [0.15, 0.2) is 87.6 Å². The number of nitro groups is 1. The normalized spacial score (nSPS) is 10.8. The molecule has 0 N–H and O–H groups in total. The quantitative estimate of drug-likeness (QED) is 0.218. The Hall–Kier alpha value is -3.45. The third-order valence-electron chi connectivity index (χ3n) is 3.91. The minimum atomic E-state index is -0.428. The van der Waals surface area contributed by atoms with E-state index in [0.29, 0.717) is 23.4 Å². The van der Waals surface area contributed by atoms with Crippen molar-refractivity contribution in [3.05, 3.63) is 94.0 Å². The van der Waals surface area contributed by atoms with Crippen molar-refractivity contribution in [3.8, 4) is 0 Å². The number of rotatable bonds is 7. The first-order valence-corrected chi connectivity index (χ1v) is 9.71. The van der Waals surface area contributed by atoms with E-state index in [9.17, 15) is 14.9 Å². The second kappa shape index (κ2) is 9.66. The lowest BCUT2D eigenvalue weighted by Crippen LogP contribution is -2.03. The van der Waals surface area contributed by atoms with Crippen LogP contribution in [0.2, 0.25) is 0 Å². The van der Waals surface area contributed by atoms with Gasteiger partial charge in [-0.1, -0.05) is 30.0 Å². The van der Waals surface area contributed by atoms with Crippen molar-refractivity contribution < 1.29 is 14.5 Å². The molecule has 0 atom stereocenters. The summed E-state index contributed by atoms with van der Waals surface area (Å²) in [5.74, 6) is -0.386. The number of non-ortho nitro benzene ring substituents is 1. The number of esters is 1. The Morgan fingerprint density at radius 3 is 2.48 bits per heavy atom. The van der Waals surface area contributed by atoms with Gasteiger partial charge in [0.25, 0.3) is 5.69 Å². The van der Waals surface area contributed by atoms with Gasteiger partial charge in [0.1, 0.15) is 0 Å². The summed E-state index contributed by atoms with van der Waals surface area (Å²) in [6.45, 7) is 2.06. The van der Waals surface area contributed by atoms with Crippen LogP contribution in [0.3, 0.4) is 0 Å². The van der Waals surface area contributed by atoms with Gasteiger partial charge in [-0.2, -0.15) is 0 Å². The van der Waals surface area contributed by atoms with Crippen molar-refractivity contribution in [1.82, 2.24) is 0 Å². The van der Waals surface area contributed by atoms with Crippen LogP contribution >= 0.6 is 11.8 Å². The molecule has 0 aliphatic rings. The summed E-state index contributed by atoms with van der Waals surface area (Å²) in [5, 5.41) is 11.2. The number of hydrogen-bond acceptors (Lipinski definition) is 6. The Morgan fingerprint density at radius 1 is 1.10 bits per heavy atom. The van der Waals surface area contributed by atoms with E-state index in [1.807, 2.05) is 30.3 Å². The van der Waals surface area contributed by atoms with Gasteiger partial charge in [0, 0.05) is 33.7 Å². The smallest absolute Gasteiger partial charge is 0.338 e. The molecule has 6 nitrogen and oxygen atoms in total. The fourth-order valence-electron chi connectivity index (χ4n) is 2.50. The molecule has 0 saturated carbocycles. The molecule has 0 spiro atoms. The summed E-state index contributed by atoms with van der Waals surface area (Å²) in [7, 11) is 0. The lowest BCUT2D eigenvalue weighted by Gasteiger charge is -2.06. The third kappa shape index (κ3) is 5.52. The first-order chi connectivity index (χ1) is 14.1. The van der Waals surface area contributed by atoms with E-state index in [-0.39, 0.29) is 11.7 Å². The highest BCUT2D eigenvalue weighted by Crippen LogP contribution is 2.32. The van der Waals surface area contributed by atoms with Crippen LogP contribution < -0.4 is 0 Å². The summed E-state index contributed by atoms with van der Waals surface area (Å²) in [6.07, 6.45) is 1.59. The number of carbonyl (C=O) groups excluding carboxylic acids is 1. The predicted octanol–water partition coefficient (Wildman–Crippen LogP) is 5.67. The van der Waals surface area contributed by atoms with Gasteiger partial charge >= 0.3 is 5.97 Å². The van der Waals surface area contributed by atoms with Gasteiger partial charge in [-0.15, -0.1) is 0 Å². The molecule has 146 valence electrons. The third-order valence-corrected chi connectivity index (χ3v) is 5.01. The molecule has 29 heavy (non-hydrogen) atoms. The average molecular weight is 406 g/mol. The Morgan fingerprint density at radius 2 is 1.83 bits per heavy atom. The molecule has 0 bridgehead atoms. The number of nitro benzene ring substituents is 1. The molecular formula is C22H18N2O4S. The van der Waals surface area contributed by atoms with Crippen LogP contribution in [-0.4, -0.2) is 23.7 Å². The highest BCUT2D eigenvalue weighted by Gasteiger charge is 2.11. The zero-order chi connectivity index (χ0) is 20.6. The van der Waals surface area contributed by atoms with E-state index in [2.05, 4.69) is 4.99 Å². The van der Waals surface area contributed by atoms with E-state index in [1.54, 1.807) is 43.5 Å². The lowest BCUT2D eigenvalue weighted by molar-refractivity contribution is -0.384. The van der Waals surface area contributed by atoms with Crippen LogP contribution in [0.25, 0.3) is 0 Å². The summed E-state index contributed by atoms with van der Waals surface area (Å²) in [4.78, 5) is 28.8. The Labute approximate surface area is 172 Å². The molecule has 0 saturated heterocycles. The number of nitrogens with zero attached hydrogens (tertiary/aromatic N) is 2. The number of hydrogen-bond donors (Lipinski definition) is 0. The van der Waals surface area contributed by atoms with Crippen molar-refractivity contribution in [2.75, 3.05) is 6.61 Å². The van der Waals surface area contributed by atoms with Gasteiger partial charge in [0.2, 0.25) is 0 Å². The van der Waals surface area contributed by atoms with E-state index >= 15 is 0 Å². The molecule has 3 aromatic carbocycles. The fraction of sp³-hybridized carbons (Fsp3) is 0.0909. The van der Waals surface area contributed by atoms with E-state index in [4.69, 9.17) is 4.74 Å². The molecule has 0 aliphatic heterocycles. The van der Waals surface area contributed by atoms with Gasteiger partial charge in [0.15, 0.2) is 0 Å². The largest absolute Gasteiger partial charge is 0.462 e. The van der Waals surface area contributed by atoms with Crippen molar-refractivity contribution in [1.29, 1.82) is 0 Å². The topological polar surface area (TPSA) is 81.8 Å². The van der Waals surface area contributed by atoms with Gasteiger partial charge < -0.3 is 4.74 Å². The van der Waals surface area contributed by atoms with Crippen LogP contribution in [0.1, 0.15) is 22.8 Å². The standard InChI is InChI=1S/C22H18N2O4S/c1-2-28-22(25)16-8-10-18(11-9-16)23-15-17-14-19(24(26)27)12-13-21(17)29-20-6-4-3-5-7-20/h3-15H,2H2,1H3. The molecule has 0 amide bonds. The molecule has 0 aliphatic carbocycles. The van der Waals surface area contributed by atoms with E-state index in [1.165, 1.54) is 23.9 Å². The van der Waals surface area contributed by atoms with Crippen LogP contribution in [0.4, 0.5) is 11.4 Å². The second-order valence-corrected chi connectivity index (χ2v) is 7.04. The second-order valence-electron chi connectivity index (χ2n) is 5.92. The predicted molar refractivity (Wildman–Crippen MR) is 113 cm³/mol. The van der Waals surface area contributed by atoms with Crippen molar-refractivity contribution in [2.24, 2.45) is 4.99 Å². The Balaban J connectivity index is 1.86. The molecule has 0 radical (unpaired) electrons. The minimum Gasteiger partial charge on any atom is -0.462 e. The monoisotopic (exact) mass is 406 g/mol. The van der Waals surface area contributed by atoms with Gasteiger partial charge in [-0.05, 0) is 49.4 Å². The molecule has 7 heteroatoms. The van der Waals surface area contributed by atoms with Crippen LogP contribution in [0, 0.1) is 10.1 Å². The summed E-state index contributed by atoms with van der Waals surface area (Å²) >= 11 is 1.51. The van der Waals surface area contributed by atoms with Gasteiger partial charge in [0.05, 0.1) is 22.8 Å². The highest BCUT2D eigenvalue weighted by molar-refractivity contribution is 7.99. The fourth-order valence-corrected chi connectivity index (χ4v) is 3.41. The summed E-state index contributed by atoms with van der Waals surface area (Å²) < 4.78 is 4.96. The molecule has 0 fully saturated rings. The summed E-state index contributed by atoms with van der Waals surface area (Å²) in [6, 6.07) is 21.1. The van der Waals surface area contributed by atoms with Crippen molar-refractivity contribution in [2.45, 2.75) is 16.7 Å². The van der Waals surface area contributed by atoms with E-state index < -0.39 is 4.92 Å². The molecule has 3 rings (SSSR count). The molecule has 0 unspecified atom stereocenters. The van der Waals surface area contributed by atoms with Gasteiger partial charge in [-0.3, -0.25) is 15.1 Å². The summed E-state index contributed by atoms with van der Waals surface area (Å²) in [5.41, 5.74) is 1.71. The number of carbonyl (C=O) groups is 1. The number of benzene rings is 3. The molecular weight excluding hydrogens is 388 g/mol. The molecule has 0 aromatic heterocycles. The molecule has 3 aromatic rings. The van der Waals surface area contributed by atoms with Crippen LogP contribution in [0.5, 0.6) is 0 Å². The lowest BCUT2D eigenvalue weighted by atomic mass is 10.2.